The highest BCUT2D eigenvalue weighted by molar-refractivity contribution is 6.24. The van der Waals surface area contributed by atoms with Gasteiger partial charge in [0.1, 0.15) is 0 Å². The zero-order valence-electron chi connectivity index (χ0n) is 11.9. The molecule has 0 saturated heterocycles. The topological polar surface area (TPSA) is 66.5 Å². The molecular weight excluding hydrogens is 256 g/mol. The fourth-order valence-electron chi connectivity index (χ4n) is 2.40. The van der Waals surface area contributed by atoms with Crippen LogP contribution in [0.5, 0.6) is 0 Å². The van der Waals surface area contributed by atoms with Crippen LogP contribution in [0.1, 0.15) is 47.4 Å². The summed E-state index contributed by atoms with van der Waals surface area (Å²) < 4.78 is 0. The van der Waals surface area contributed by atoms with E-state index in [1.54, 1.807) is 18.2 Å². The van der Waals surface area contributed by atoms with Gasteiger partial charge in [-0.15, -0.1) is 0 Å². The average molecular weight is 274 g/mol. The highest BCUT2D eigenvalue weighted by atomic mass is 16.2. The second kappa shape index (κ2) is 5.45. The van der Waals surface area contributed by atoms with Crippen molar-refractivity contribution in [3.8, 4) is 0 Å². The van der Waals surface area contributed by atoms with E-state index in [0.717, 1.165) is 17.7 Å². The summed E-state index contributed by atoms with van der Waals surface area (Å²) in [4.78, 5) is 37.1. The van der Waals surface area contributed by atoms with Crippen molar-refractivity contribution in [3.05, 3.63) is 29.3 Å². The van der Waals surface area contributed by atoms with Crippen LogP contribution in [0.15, 0.2) is 18.2 Å². The molecule has 20 heavy (non-hydrogen) atoms. The third-order valence-electron chi connectivity index (χ3n) is 3.73. The zero-order chi connectivity index (χ0) is 14.9. The smallest absolute Gasteiger partial charge is 0.263 e. The van der Waals surface area contributed by atoms with E-state index in [4.69, 9.17) is 0 Å². The Morgan fingerprint density at radius 2 is 1.85 bits per heavy atom. The van der Waals surface area contributed by atoms with Crippen molar-refractivity contribution >= 4 is 23.4 Å². The van der Waals surface area contributed by atoms with Crippen LogP contribution < -0.4 is 5.32 Å². The molecule has 1 aliphatic heterocycles. The number of imide groups is 1. The van der Waals surface area contributed by atoms with E-state index in [0.29, 0.717) is 16.8 Å². The Morgan fingerprint density at radius 3 is 2.45 bits per heavy atom. The van der Waals surface area contributed by atoms with E-state index in [-0.39, 0.29) is 23.6 Å². The lowest BCUT2D eigenvalue weighted by Gasteiger charge is -2.14. The highest BCUT2D eigenvalue weighted by Crippen LogP contribution is 2.29. The van der Waals surface area contributed by atoms with Crippen molar-refractivity contribution in [2.24, 2.45) is 5.92 Å². The molecule has 106 valence electrons. The van der Waals surface area contributed by atoms with Crippen LogP contribution in [0.25, 0.3) is 0 Å². The van der Waals surface area contributed by atoms with Gasteiger partial charge in [0.2, 0.25) is 5.91 Å². The second-order valence-corrected chi connectivity index (χ2v) is 4.90. The minimum Gasteiger partial charge on any atom is -0.325 e. The summed E-state index contributed by atoms with van der Waals surface area (Å²) >= 11 is 0. The summed E-state index contributed by atoms with van der Waals surface area (Å²) in [6.45, 7) is 3.90. The normalized spacial score (nSPS) is 13.9. The van der Waals surface area contributed by atoms with Gasteiger partial charge in [0.25, 0.3) is 11.8 Å². The van der Waals surface area contributed by atoms with E-state index >= 15 is 0 Å². The number of fused-ring (bicyclic) bond motifs is 1. The molecule has 1 aromatic carbocycles. The Labute approximate surface area is 118 Å². The Balaban J connectivity index is 2.35. The Hall–Kier alpha value is -2.17. The molecule has 0 saturated carbocycles. The number of carbonyl (C=O) groups is 3. The molecule has 2 rings (SSSR count). The first kappa shape index (κ1) is 14.2. The molecule has 0 atom stereocenters. The zero-order valence-corrected chi connectivity index (χ0v) is 11.9. The van der Waals surface area contributed by atoms with E-state index in [2.05, 4.69) is 5.32 Å². The van der Waals surface area contributed by atoms with Crippen molar-refractivity contribution < 1.29 is 14.4 Å². The average Bonchev–Trinajstić information content (AvgIpc) is 2.66. The second-order valence-electron chi connectivity index (χ2n) is 4.90. The Kier molecular flexibility index (Phi) is 3.88. The number of rotatable bonds is 4. The van der Waals surface area contributed by atoms with Crippen LogP contribution in [0.4, 0.5) is 5.69 Å². The Morgan fingerprint density at radius 1 is 1.20 bits per heavy atom. The number of carbonyl (C=O) groups excluding carboxylic acids is 3. The SMILES string of the molecule is CCC(CC)C(=O)Nc1cccc2c1C(=O)N(C)C2=O. The van der Waals surface area contributed by atoms with Crippen LogP contribution in [-0.4, -0.2) is 29.7 Å². The summed E-state index contributed by atoms with van der Waals surface area (Å²) in [6, 6.07) is 4.93. The molecule has 1 aliphatic rings. The van der Waals surface area contributed by atoms with Crippen LogP contribution in [0.2, 0.25) is 0 Å². The lowest BCUT2D eigenvalue weighted by molar-refractivity contribution is -0.120. The van der Waals surface area contributed by atoms with Crippen LogP contribution in [0, 0.1) is 5.92 Å². The van der Waals surface area contributed by atoms with Gasteiger partial charge in [0, 0.05) is 13.0 Å². The summed E-state index contributed by atoms with van der Waals surface area (Å²) in [5, 5.41) is 2.78. The highest BCUT2D eigenvalue weighted by Gasteiger charge is 2.35. The van der Waals surface area contributed by atoms with E-state index in [1.165, 1.54) is 7.05 Å². The predicted molar refractivity (Wildman–Crippen MR) is 75.6 cm³/mol. The third kappa shape index (κ3) is 2.19. The van der Waals surface area contributed by atoms with E-state index < -0.39 is 0 Å². The monoisotopic (exact) mass is 274 g/mol. The first-order valence-corrected chi connectivity index (χ1v) is 6.77. The maximum atomic E-state index is 12.1. The van der Waals surface area contributed by atoms with Crippen LogP contribution in [0.3, 0.4) is 0 Å². The van der Waals surface area contributed by atoms with Gasteiger partial charge in [-0.3, -0.25) is 19.3 Å². The predicted octanol–water partition coefficient (Wildman–Crippen LogP) is 2.29. The van der Waals surface area contributed by atoms with Gasteiger partial charge in [-0.1, -0.05) is 19.9 Å². The number of nitrogens with one attached hydrogen (secondary N) is 1. The van der Waals surface area contributed by atoms with Crippen molar-refractivity contribution in [2.75, 3.05) is 12.4 Å². The molecule has 0 unspecified atom stereocenters. The van der Waals surface area contributed by atoms with Gasteiger partial charge in [0.05, 0.1) is 16.8 Å². The van der Waals surface area contributed by atoms with Crippen molar-refractivity contribution in [2.45, 2.75) is 26.7 Å². The summed E-state index contributed by atoms with van der Waals surface area (Å²) in [5.74, 6) is -0.900. The molecule has 5 heteroatoms. The molecule has 1 aromatic rings. The fourth-order valence-corrected chi connectivity index (χ4v) is 2.40. The van der Waals surface area contributed by atoms with Gasteiger partial charge >= 0.3 is 0 Å². The van der Waals surface area contributed by atoms with Crippen LogP contribution >= 0.6 is 0 Å². The van der Waals surface area contributed by atoms with Crippen molar-refractivity contribution in [1.82, 2.24) is 4.90 Å². The number of anilines is 1. The first-order valence-electron chi connectivity index (χ1n) is 6.77. The van der Waals surface area contributed by atoms with Crippen molar-refractivity contribution in [3.63, 3.8) is 0 Å². The lowest BCUT2D eigenvalue weighted by atomic mass is 10.0. The van der Waals surface area contributed by atoms with Gasteiger partial charge < -0.3 is 5.32 Å². The molecule has 0 bridgehead atoms. The third-order valence-corrected chi connectivity index (χ3v) is 3.73. The van der Waals surface area contributed by atoms with Gasteiger partial charge in [-0.2, -0.15) is 0 Å². The maximum absolute atomic E-state index is 12.1. The first-order chi connectivity index (χ1) is 9.51. The van der Waals surface area contributed by atoms with Gasteiger partial charge in [-0.05, 0) is 25.0 Å². The van der Waals surface area contributed by atoms with E-state index in [1.807, 2.05) is 13.8 Å². The molecule has 0 spiro atoms. The quantitative estimate of drug-likeness (QED) is 0.857. The molecule has 0 aromatic heterocycles. The lowest BCUT2D eigenvalue weighted by Crippen LogP contribution is -2.25. The molecule has 0 fully saturated rings. The molecule has 0 aliphatic carbocycles. The fraction of sp³-hybridized carbons (Fsp3) is 0.400. The number of hydrogen-bond donors (Lipinski definition) is 1. The van der Waals surface area contributed by atoms with Crippen LogP contribution in [-0.2, 0) is 4.79 Å². The number of benzene rings is 1. The number of nitrogens with zero attached hydrogens (tertiary/aromatic N) is 1. The standard InChI is InChI=1S/C15H18N2O3/c1-4-9(5-2)13(18)16-11-8-6-7-10-12(11)15(20)17(3)14(10)19/h6-9H,4-5H2,1-3H3,(H,16,18). The molecule has 1 heterocycles. The minimum atomic E-state index is -0.370. The van der Waals surface area contributed by atoms with Gasteiger partial charge in [-0.25, -0.2) is 0 Å². The number of hydrogen-bond acceptors (Lipinski definition) is 3. The van der Waals surface area contributed by atoms with Gasteiger partial charge in [0.15, 0.2) is 0 Å². The molecule has 5 nitrogen and oxygen atoms in total. The summed E-state index contributed by atoms with van der Waals surface area (Å²) in [5.41, 5.74) is 1.06. The number of amides is 3. The molecular formula is C15H18N2O3. The molecule has 1 N–H and O–H groups in total. The van der Waals surface area contributed by atoms with E-state index in [9.17, 15) is 14.4 Å². The molecule has 0 radical (unpaired) electrons. The maximum Gasteiger partial charge on any atom is 0.263 e. The molecule has 3 amide bonds. The minimum absolute atomic E-state index is 0.0872. The Bertz CT molecular complexity index is 576. The van der Waals surface area contributed by atoms with Crippen molar-refractivity contribution in [1.29, 1.82) is 0 Å². The largest absolute Gasteiger partial charge is 0.325 e. The summed E-state index contributed by atoms with van der Waals surface area (Å²) in [7, 11) is 1.44. The summed E-state index contributed by atoms with van der Waals surface area (Å²) in [6.07, 6.45) is 1.48.